The molecule has 1 rings (SSSR count). The summed E-state index contributed by atoms with van der Waals surface area (Å²) in [7, 11) is 1.58. The Balaban J connectivity index is 3.42. The zero-order valence-electron chi connectivity index (χ0n) is 11.6. The fraction of sp³-hybridized carbons (Fsp3) is 0.538. The average Bonchev–Trinajstić information content (AvgIpc) is 2.59. The standard InChI is InChI=1S/C13H20N2O3/c1-6-15-9(4)10(12(16)14-5)8(3)11(15)13(17)18-7-2/h6-7H2,1-5H3,(H,14,16). The van der Waals surface area contributed by atoms with Gasteiger partial charge in [-0.05, 0) is 33.3 Å². The fourth-order valence-corrected chi connectivity index (χ4v) is 2.21. The lowest BCUT2D eigenvalue weighted by molar-refractivity contribution is 0.0512. The van der Waals surface area contributed by atoms with E-state index in [9.17, 15) is 9.59 Å². The first-order valence-electron chi connectivity index (χ1n) is 6.08. The van der Waals surface area contributed by atoms with Crippen molar-refractivity contribution in [3.63, 3.8) is 0 Å². The zero-order chi connectivity index (χ0) is 13.9. The summed E-state index contributed by atoms with van der Waals surface area (Å²) in [6.07, 6.45) is 0. The third-order valence-electron chi connectivity index (χ3n) is 3.01. The van der Waals surface area contributed by atoms with Gasteiger partial charge in [-0.3, -0.25) is 4.79 Å². The van der Waals surface area contributed by atoms with Gasteiger partial charge in [0.25, 0.3) is 5.91 Å². The van der Waals surface area contributed by atoms with E-state index < -0.39 is 0 Å². The highest BCUT2D eigenvalue weighted by atomic mass is 16.5. The van der Waals surface area contributed by atoms with Gasteiger partial charge in [0, 0.05) is 19.3 Å². The molecule has 1 aromatic heterocycles. The summed E-state index contributed by atoms with van der Waals surface area (Å²) < 4.78 is 6.86. The Labute approximate surface area is 107 Å². The van der Waals surface area contributed by atoms with Crippen molar-refractivity contribution in [3.05, 3.63) is 22.5 Å². The molecular weight excluding hydrogens is 232 g/mol. The summed E-state index contributed by atoms with van der Waals surface area (Å²) in [5.74, 6) is -0.558. The van der Waals surface area contributed by atoms with Crippen LogP contribution in [-0.2, 0) is 11.3 Å². The molecule has 5 heteroatoms. The normalized spacial score (nSPS) is 10.3. The van der Waals surface area contributed by atoms with E-state index in [1.54, 1.807) is 20.9 Å². The van der Waals surface area contributed by atoms with Crippen molar-refractivity contribution in [1.82, 2.24) is 9.88 Å². The van der Waals surface area contributed by atoms with Crippen LogP contribution in [0.25, 0.3) is 0 Å². The number of hydrogen-bond donors (Lipinski definition) is 1. The Morgan fingerprint density at radius 3 is 2.33 bits per heavy atom. The number of aromatic nitrogens is 1. The van der Waals surface area contributed by atoms with Gasteiger partial charge in [-0.1, -0.05) is 0 Å². The lowest BCUT2D eigenvalue weighted by Crippen LogP contribution is -2.19. The van der Waals surface area contributed by atoms with Gasteiger partial charge in [-0.25, -0.2) is 4.79 Å². The highest BCUT2D eigenvalue weighted by Gasteiger charge is 2.25. The largest absolute Gasteiger partial charge is 0.461 e. The molecule has 1 amide bonds. The molecule has 0 saturated heterocycles. The number of hydrogen-bond acceptors (Lipinski definition) is 3. The van der Waals surface area contributed by atoms with Crippen LogP contribution < -0.4 is 5.32 Å². The molecule has 0 aliphatic rings. The van der Waals surface area contributed by atoms with Crippen LogP contribution in [-0.4, -0.2) is 30.1 Å². The lowest BCUT2D eigenvalue weighted by Gasteiger charge is -2.08. The SMILES string of the molecule is CCOC(=O)c1c(C)c(C(=O)NC)c(C)n1CC. The van der Waals surface area contributed by atoms with Gasteiger partial charge in [0.2, 0.25) is 0 Å². The quantitative estimate of drug-likeness (QED) is 0.829. The van der Waals surface area contributed by atoms with Crippen LogP contribution in [0.15, 0.2) is 0 Å². The maximum Gasteiger partial charge on any atom is 0.355 e. The van der Waals surface area contributed by atoms with Crippen LogP contribution in [0.3, 0.4) is 0 Å². The van der Waals surface area contributed by atoms with Gasteiger partial charge >= 0.3 is 5.97 Å². The molecule has 0 aliphatic heterocycles. The second-order valence-electron chi connectivity index (χ2n) is 3.98. The van der Waals surface area contributed by atoms with Crippen LogP contribution in [0.2, 0.25) is 0 Å². The van der Waals surface area contributed by atoms with Crippen molar-refractivity contribution in [3.8, 4) is 0 Å². The minimum Gasteiger partial charge on any atom is -0.461 e. The van der Waals surface area contributed by atoms with E-state index >= 15 is 0 Å². The van der Waals surface area contributed by atoms with E-state index in [4.69, 9.17) is 4.74 Å². The van der Waals surface area contributed by atoms with Crippen LogP contribution in [0.5, 0.6) is 0 Å². The molecule has 1 heterocycles. The molecule has 100 valence electrons. The first kappa shape index (κ1) is 14.3. The number of ether oxygens (including phenoxy) is 1. The number of amides is 1. The maximum atomic E-state index is 11.9. The smallest absolute Gasteiger partial charge is 0.355 e. The van der Waals surface area contributed by atoms with E-state index in [1.165, 1.54) is 0 Å². The minimum absolute atomic E-state index is 0.178. The summed E-state index contributed by atoms with van der Waals surface area (Å²) in [5.41, 5.74) is 2.49. The molecule has 18 heavy (non-hydrogen) atoms. The number of carbonyl (C=O) groups is 2. The zero-order valence-corrected chi connectivity index (χ0v) is 11.6. The molecule has 1 aromatic rings. The number of rotatable bonds is 4. The molecule has 1 N–H and O–H groups in total. The van der Waals surface area contributed by atoms with Crippen molar-refractivity contribution >= 4 is 11.9 Å². The summed E-state index contributed by atoms with van der Waals surface area (Å²) in [6.45, 7) is 8.25. The van der Waals surface area contributed by atoms with Crippen LogP contribution in [0, 0.1) is 13.8 Å². The van der Waals surface area contributed by atoms with E-state index in [0.29, 0.717) is 30.0 Å². The molecule has 5 nitrogen and oxygen atoms in total. The average molecular weight is 252 g/mol. The molecule has 0 radical (unpaired) electrons. The van der Waals surface area contributed by atoms with Gasteiger partial charge in [0.1, 0.15) is 5.69 Å². The minimum atomic E-state index is -0.380. The van der Waals surface area contributed by atoms with Gasteiger partial charge in [0.15, 0.2) is 0 Å². The molecule has 0 spiro atoms. The van der Waals surface area contributed by atoms with Crippen molar-refractivity contribution in [2.45, 2.75) is 34.2 Å². The summed E-state index contributed by atoms with van der Waals surface area (Å²) >= 11 is 0. The molecule has 0 atom stereocenters. The Morgan fingerprint density at radius 2 is 1.89 bits per heavy atom. The molecule has 0 saturated carbocycles. The second kappa shape index (κ2) is 5.71. The van der Waals surface area contributed by atoms with Gasteiger partial charge in [-0.15, -0.1) is 0 Å². The predicted octanol–water partition coefficient (Wildman–Crippen LogP) is 1.66. The monoisotopic (exact) mass is 252 g/mol. The van der Waals surface area contributed by atoms with Crippen molar-refractivity contribution in [1.29, 1.82) is 0 Å². The van der Waals surface area contributed by atoms with E-state index in [1.807, 2.05) is 18.4 Å². The molecule has 0 bridgehead atoms. The molecular formula is C13H20N2O3. The third kappa shape index (κ3) is 2.25. The molecule has 0 aromatic carbocycles. The summed E-state index contributed by atoms with van der Waals surface area (Å²) in [4.78, 5) is 23.8. The predicted molar refractivity (Wildman–Crippen MR) is 68.9 cm³/mol. The number of nitrogens with one attached hydrogen (secondary N) is 1. The second-order valence-corrected chi connectivity index (χ2v) is 3.98. The van der Waals surface area contributed by atoms with Crippen LogP contribution >= 0.6 is 0 Å². The van der Waals surface area contributed by atoms with Crippen molar-refractivity contribution in [2.24, 2.45) is 0 Å². The van der Waals surface area contributed by atoms with E-state index in [2.05, 4.69) is 5.32 Å². The third-order valence-corrected chi connectivity index (χ3v) is 3.01. The highest BCUT2D eigenvalue weighted by molar-refractivity contribution is 6.01. The summed E-state index contributed by atoms with van der Waals surface area (Å²) in [5, 5.41) is 2.59. The fourth-order valence-electron chi connectivity index (χ4n) is 2.21. The number of esters is 1. The molecule has 0 fully saturated rings. The van der Waals surface area contributed by atoms with Crippen LogP contribution in [0.1, 0.15) is 46.0 Å². The van der Waals surface area contributed by atoms with Gasteiger partial charge < -0.3 is 14.6 Å². The molecule has 0 unspecified atom stereocenters. The van der Waals surface area contributed by atoms with Crippen molar-refractivity contribution in [2.75, 3.05) is 13.7 Å². The van der Waals surface area contributed by atoms with Gasteiger partial charge in [0.05, 0.1) is 12.2 Å². The number of nitrogens with zero attached hydrogens (tertiary/aromatic N) is 1. The Morgan fingerprint density at radius 1 is 1.28 bits per heavy atom. The topological polar surface area (TPSA) is 60.3 Å². The van der Waals surface area contributed by atoms with E-state index in [-0.39, 0.29) is 11.9 Å². The van der Waals surface area contributed by atoms with Gasteiger partial charge in [-0.2, -0.15) is 0 Å². The van der Waals surface area contributed by atoms with E-state index in [0.717, 1.165) is 5.69 Å². The Hall–Kier alpha value is -1.78. The number of carbonyl (C=O) groups excluding carboxylic acids is 2. The first-order chi connectivity index (χ1) is 8.49. The molecule has 0 aliphatic carbocycles. The van der Waals surface area contributed by atoms with Crippen molar-refractivity contribution < 1.29 is 14.3 Å². The maximum absolute atomic E-state index is 11.9. The Bertz CT molecular complexity index is 475. The lowest BCUT2D eigenvalue weighted by atomic mass is 10.1. The van der Waals surface area contributed by atoms with Crippen LogP contribution in [0.4, 0.5) is 0 Å². The first-order valence-corrected chi connectivity index (χ1v) is 6.08. The summed E-state index contributed by atoms with van der Waals surface area (Å²) in [6, 6.07) is 0. The Kier molecular flexibility index (Phi) is 4.53. The highest BCUT2D eigenvalue weighted by Crippen LogP contribution is 2.23.